The van der Waals surface area contributed by atoms with E-state index in [0.29, 0.717) is 24.1 Å². The van der Waals surface area contributed by atoms with Gasteiger partial charge >= 0.3 is 0 Å². The number of hydrogen-bond donors (Lipinski definition) is 0. The summed E-state index contributed by atoms with van der Waals surface area (Å²) >= 11 is 1.52. The number of nitrogens with zero attached hydrogens (tertiary/aromatic N) is 2. The van der Waals surface area contributed by atoms with Crippen molar-refractivity contribution < 1.29 is 13.9 Å². The minimum Gasteiger partial charge on any atom is -0.494 e. The summed E-state index contributed by atoms with van der Waals surface area (Å²) in [6.07, 6.45) is 1.67. The molecule has 114 valence electrons. The summed E-state index contributed by atoms with van der Waals surface area (Å²) in [5, 5.41) is 0.688. The molecule has 0 saturated heterocycles. The summed E-state index contributed by atoms with van der Waals surface area (Å²) in [4.78, 5) is 8.84. The number of aromatic nitrogens is 1. The normalized spacial score (nSPS) is 11.5. The van der Waals surface area contributed by atoms with Gasteiger partial charge in [0.25, 0.3) is 0 Å². The smallest absolute Gasteiger partial charge is 0.210 e. The van der Waals surface area contributed by atoms with Crippen LogP contribution in [0.15, 0.2) is 39.7 Å². The zero-order chi connectivity index (χ0) is 15.4. The third-order valence-electron chi connectivity index (χ3n) is 2.93. The molecule has 0 aliphatic rings. The molecule has 0 saturated carbocycles. The average molecular weight is 316 g/mol. The van der Waals surface area contributed by atoms with Gasteiger partial charge in [-0.2, -0.15) is 0 Å². The van der Waals surface area contributed by atoms with E-state index in [1.54, 1.807) is 13.3 Å². The minimum absolute atomic E-state index is 0.454. The maximum absolute atomic E-state index is 5.55. The first-order valence-corrected chi connectivity index (χ1v) is 7.75. The second kappa shape index (κ2) is 6.72. The summed E-state index contributed by atoms with van der Waals surface area (Å²) in [6.45, 7) is 3.07. The molecule has 0 fully saturated rings. The van der Waals surface area contributed by atoms with E-state index < -0.39 is 0 Å². The molecule has 0 radical (unpaired) electrons. The van der Waals surface area contributed by atoms with Crippen LogP contribution in [0.4, 0.5) is 5.13 Å². The fourth-order valence-electron chi connectivity index (χ4n) is 2.01. The summed E-state index contributed by atoms with van der Waals surface area (Å²) in [5.74, 6) is 2.31. The Bertz CT molecular complexity index is 792. The van der Waals surface area contributed by atoms with Gasteiger partial charge in [0, 0.05) is 7.11 Å². The number of rotatable bonds is 6. The maximum atomic E-state index is 5.55. The predicted octanol–water partition coefficient (Wildman–Crippen LogP) is 4.19. The van der Waals surface area contributed by atoms with Crippen molar-refractivity contribution in [1.82, 2.24) is 4.98 Å². The number of hydrogen-bond acceptors (Lipinski definition) is 6. The number of methoxy groups -OCH3 is 1. The van der Waals surface area contributed by atoms with Crippen molar-refractivity contribution in [1.29, 1.82) is 0 Å². The molecule has 0 spiro atoms. The van der Waals surface area contributed by atoms with Gasteiger partial charge in [0.05, 0.1) is 23.0 Å². The van der Waals surface area contributed by atoms with Crippen molar-refractivity contribution in [3.8, 4) is 5.75 Å². The van der Waals surface area contributed by atoms with Gasteiger partial charge in [-0.25, -0.2) is 9.98 Å². The number of aliphatic imine (C=N–C) groups is 1. The molecule has 0 aliphatic carbocycles. The second-order valence-corrected chi connectivity index (χ2v) is 5.56. The predicted molar refractivity (Wildman–Crippen MR) is 87.5 cm³/mol. The number of ether oxygens (including phenoxy) is 2. The first-order chi connectivity index (χ1) is 10.8. The summed E-state index contributed by atoms with van der Waals surface area (Å²) in [6, 6.07) is 9.58. The topological polar surface area (TPSA) is 56.9 Å². The van der Waals surface area contributed by atoms with Gasteiger partial charge < -0.3 is 13.9 Å². The monoisotopic (exact) mass is 316 g/mol. The SMILES string of the molecule is CCOc1ccc2nc(N=Cc3ccc(COC)o3)sc2c1. The number of fused-ring (bicyclic) bond motifs is 1. The lowest BCUT2D eigenvalue weighted by Crippen LogP contribution is -1.89. The van der Waals surface area contributed by atoms with Crippen LogP contribution in [0.25, 0.3) is 10.2 Å². The van der Waals surface area contributed by atoms with E-state index in [1.807, 2.05) is 37.3 Å². The molecule has 0 N–H and O–H groups in total. The highest BCUT2D eigenvalue weighted by Gasteiger charge is 2.05. The lowest BCUT2D eigenvalue weighted by Gasteiger charge is -2.00. The largest absolute Gasteiger partial charge is 0.494 e. The summed E-state index contributed by atoms with van der Waals surface area (Å²) < 4.78 is 17.1. The van der Waals surface area contributed by atoms with Crippen LogP contribution in [0.5, 0.6) is 5.75 Å². The quantitative estimate of drug-likeness (QED) is 0.640. The molecule has 2 aromatic heterocycles. The van der Waals surface area contributed by atoms with E-state index in [1.165, 1.54) is 11.3 Å². The molecule has 3 aromatic rings. The molecule has 0 unspecified atom stereocenters. The molecular formula is C16H16N2O3S. The van der Waals surface area contributed by atoms with Crippen LogP contribution in [-0.4, -0.2) is 24.9 Å². The fourth-order valence-corrected chi connectivity index (χ4v) is 2.85. The van der Waals surface area contributed by atoms with Crippen molar-refractivity contribution >= 4 is 32.9 Å². The highest BCUT2D eigenvalue weighted by molar-refractivity contribution is 7.22. The molecule has 0 aliphatic heterocycles. The Morgan fingerprint density at radius 2 is 2.23 bits per heavy atom. The first kappa shape index (κ1) is 14.7. The lowest BCUT2D eigenvalue weighted by atomic mass is 10.3. The Kier molecular flexibility index (Phi) is 4.50. The van der Waals surface area contributed by atoms with Gasteiger partial charge in [0.1, 0.15) is 23.9 Å². The molecule has 0 bridgehead atoms. The van der Waals surface area contributed by atoms with Crippen molar-refractivity contribution in [2.75, 3.05) is 13.7 Å². The van der Waals surface area contributed by atoms with Crippen LogP contribution < -0.4 is 4.74 Å². The molecule has 0 amide bonds. The minimum atomic E-state index is 0.454. The Morgan fingerprint density at radius 1 is 1.32 bits per heavy atom. The maximum Gasteiger partial charge on any atom is 0.210 e. The van der Waals surface area contributed by atoms with Crippen LogP contribution in [0.1, 0.15) is 18.4 Å². The highest BCUT2D eigenvalue weighted by Crippen LogP contribution is 2.30. The van der Waals surface area contributed by atoms with Gasteiger partial charge in [-0.1, -0.05) is 11.3 Å². The van der Waals surface area contributed by atoms with Gasteiger partial charge in [-0.05, 0) is 37.3 Å². The van der Waals surface area contributed by atoms with Gasteiger partial charge in [-0.15, -0.1) is 0 Å². The fraction of sp³-hybridized carbons (Fsp3) is 0.250. The summed E-state index contributed by atoms with van der Waals surface area (Å²) in [5.41, 5.74) is 0.917. The summed E-state index contributed by atoms with van der Waals surface area (Å²) in [7, 11) is 1.63. The zero-order valence-corrected chi connectivity index (χ0v) is 13.2. The van der Waals surface area contributed by atoms with Crippen molar-refractivity contribution in [2.24, 2.45) is 4.99 Å². The van der Waals surface area contributed by atoms with Gasteiger partial charge in [0.15, 0.2) is 0 Å². The van der Waals surface area contributed by atoms with E-state index in [2.05, 4.69) is 9.98 Å². The third kappa shape index (κ3) is 3.35. The van der Waals surface area contributed by atoms with Gasteiger partial charge in [0.2, 0.25) is 5.13 Å². The number of benzene rings is 1. The Balaban J connectivity index is 1.79. The molecule has 5 nitrogen and oxygen atoms in total. The Labute approximate surface area is 132 Å². The van der Waals surface area contributed by atoms with Crippen LogP contribution in [0.3, 0.4) is 0 Å². The molecule has 2 heterocycles. The second-order valence-electron chi connectivity index (χ2n) is 4.55. The molecule has 6 heteroatoms. The Morgan fingerprint density at radius 3 is 3.05 bits per heavy atom. The molecular weight excluding hydrogens is 300 g/mol. The number of thiazole rings is 1. The Hall–Kier alpha value is -2.18. The van der Waals surface area contributed by atoms with E-state index in [9.17, 15) is 0 Å². The van der Waals surface area contributed by atoms with E-state index in [-0.39, 0.29) is 0 Å². The van der Waals surface area contributed by atoms with Gasteiger partial charge in [-0.3, -0.25) is 0 Å². The van der Waals surface area contributed by atoms with Crippen LogP contribution in [-0.2, 0) is 11.3 Å². The number of furan rings is 1. The first-order valence-electron chi connectivity index (χ1n) is 6.93. The molecule has 1 aromatic carbocycles. The van der Waals surface area contributed by atoms with Crippen LogP contribution in [0.2, 0.25) is 0 Å². The standard InChI is InChI=1S/C16H16N2O3S/c1-3-20-11-6-7-14-15(8-11)22-16(18-14)17-9-12-4-5-13(21-12)10-19-2/h4-9H,3,10H2,1-2H3. The highest BCUT2D eigenvalue weighted by atomic mass is 32.1. The molecule has 22 heavy (non-hydrogen) atoms. The van der Waals surface area contributed by atoms with Crippen LogP contribution in [0, 0.1) is 0 Å². The van der Waals surface area contributed by atoms with Crippen molar-refractivity contribution in [2.45, 2.75) is 13.5 Å². The lowest BCUT2D eigenvalue weighted by molar-refractivity contribution is 0.164. The van der Waals surface area contributed by atoms with E-state index >= 15 is 0 Å². The van der Waals surface area contributed by atoms with E-state index in [4.69, 9.17) is 13.9 Å². The molecule has 3 rings (SSSR count). The van der Waals surface area contributed by atoms with E-state index in [0.717, 1.165) is 21.7 Å². The van der Waals surface area contributed by atoms with Crippen molar-refractivity contribution in [3.63, 3.8) is 0 Å². The van der Waals surface area contributed by atoms with Crippen LogP contribution >= 0.6 is 11.3 Å². The zero-order valence-electron chi connectivity index (χ0n) is 12.4. The van der Waals surface area contributed by atoms with Crippen molar-refractivity contribution in [3.05, 3.63) is 41.9 Å². The molecule has 0 atom stereocenters. The average Bonchev–Trinajstić information content (AvgIpc) is 3.11. The third-order valence-corrected chi connectivity index (χ3v) is 3.86.